The zero-order valence-electron chi connectivity index (χ0n) is 12.1. The van der Waals surface area contributed by atoms with Crippen molar-refractivity contribution < 1.29 is 19.1 Å². The summed E-state index contributed by atoms with van der Waals surface area (Å²) in [5, 5.41) is 14.8. The lowest BCUT2D eigenvalue weighted by Crippen LogP contribution is -2.53. The molecule has 5 nitrogen and oxygen atoms in total. The van der Waals surface area contributed by atoms with E-state index in [1.807, 2.05) is 13.8 Å². The molecular weight excluding hydrogens is 275 g/mol. The summed E-state index contributed by atoms with van der Waals surface area (Å²) in [4.78, 5) is 23.5. The van der Waals surface area contributed by atoms with Crippen LogP contribution in [0.15, 0.2) is 18.2 Å². The molecule has 0 aliphatic carbocycles. The fraction of sp³-hybridized carbons (Fsp3) is 0.467. The summed E-state index contributed by atoms with van der Waals surface area (Å²) in [6.07, 6.45) is 1.90. The number of halogens is 1. The molecule has 0 radical (unpaired) electrons. The Balaban J connectivity index is 2.22. The van der Waals surface area contributed by atoms with Gasteiger partial charge in [-0.1, -0.05) is 13.8 Å². The number of amides is 1. The van der Waals surface area contributed by atoms with Crippen LogP contribution in [0.1, 0.15) is 37.0 Å². The lowest BCUT2D eigenvalue weighted by molar-refractivity contribution is -0.121. The van der Waals surface area contributed by atoms with Crippen LogP contribution in [0.25, 0.3) is 0 Å². The minimum atomic E-state index is -1.28. The molecule has 0 aromatic heterocycles. The summed E-state index contributed by atoms with van der Waals surface area (Å²) >= 11 is 0. The maximum atomic E-state index is 13.1. The average Bonchev–Trinajstić information content (AvgIpc) is 2.39. The quantitative estimate of drug-likeness (QED) is 0.799. The van der Waals surface area contributed by atoms with Gasteiger partial charge in [0.25, 0.3) is 0 Å². The van der Waals surface area contributed by atoms with Crippen LogP contribution in [0.4, 0.5) is 10.1 Å². The van der Waals surface area contributed by atoms with Crippen LogP contribution >= 0.6 is 0 Å². The predicted molar refractivity (Wildman–Crippen MR) is 76.8 cm³/mol. The Bertz CT molecular complexity index is 572. The number of anilines is 1. The first-order valence-corrected chi connectivity index (χ1v) is 6.88. The van der Waals surface area contributed by atoms with E-state index in [-0.39, 0.29) is 22.6 Å². The highest BCUT2D eigenvalue weighted by molar-refractivity contribution is 6.02. The van der Waals surface area contributed by atoms with Gasteiger partial charge in [-0.15, -0.1) is 0 Å². The Morgan fingerprint density at radius 2 is 2.14 bits per heavy atom. The van der Waals surface area contributed by atoms with Gasteiger partial charge >= 0.3 is 5.97 Å². The van der Waals surface area contributed by atoms with Crippen molar-refractivity contribution in [3.63, 3.8) is 0 Å². The van der Waals surface area contributed by atoms with Crippen LogP contribution in [0.2, 0.25) is 0 Å². The normalized spacial score (nSPS) is 20.8. The van der Waals surface area contributed by atoms with E-state index in [4.69, 9.17) is 5.11 Å². The molecular formula is C15H19FN2O3. The molecule has 1 saturated heterocycles. The van der Waals surface area contributed by atoms with Crippen LogP contribution < -0.4 is 10.6 Å². The average molecular weight is 294 g/mol. The topological polar surface area (TPSA) is 78.4 Å². The first-order valence-electron chi connectivity index (χ1n) is 6.88. The van der Waals surface area contributed by atoms with Gasteiger partial charge < -0.3 is 15.7 Å². The summed E-state index contributed by atoms with van der Waals surface area (Å²) in [7, 11) is 0. The van der Waals surface area contributed by atoms with Gasteiger partial charge in [-0.2, -0.15) is 0 Å². The van der Waals surface area contributed by atoms with E-state index < -0.39 is 17.8 Å². The Morgan fingerprint density at radius 3 is 2.76 bits per heavy atom. The third-order valence-electron chi connectivity index (χ3n) is 3.86. The predicted octanol–water partition coefficient (Wildman–Crippen LogP) is 2.24. The van der Waals surface area contributed by atoms with Crippen molar-refractivity contribution in [2.24, 2.45) is 5.41 Å². The number of piperidine rings is 1. The van der Waals surface area contributed by atoms with Crippen LogP contribution in [0, 0.1) is 11.2 Å². The lowest BCUT2D eigenvalue weighted by atomic mass is 9.77. The molecule has 21 heavy (non-hydrogen) atoms. The molecule has 1 aromatic rings. The van der Waals surface area contributed by atoms with E-state index in [1.165, 1.54) is 6.07 Å². The molecule has 1 aromatic carbocycles. The molecule has 1 atom stereocenters. The SMILES string of the molecule is CC1(C)CCCNC1C(=O)Nc1ccc(F)cc1C(=O)O. The highest BCUT2D eigenvalue weighted by Gasteiger charge is 2.37. The van der Waals surface area contributed by atoms with Gasteiger partial charge in [-0.05, 0) is 43.0 Å². The third-order valence-corrected chi connectivity index (χ3v) is 3.86. The number of benzene rings is 1. The molecule has 114 valence electrons. The second kappa shape index (κ2) is 5.81. The number of nitrogens with one attached hydrogen (secondary N) is 2. The van der Waals surface area contributed by atoms with E-state index in [0.717, 1.165) is 31.5 Å². The number of hydrogen-bond acceptors (Lipinski definition) is 3. The van der Waals surface area contributed by atoms with Crippen molar-refractivity contribution in [2.45, 2.75) is 32.7 Å². The van der Waals surface area contributed by atoms with Gasteiger partial charge in [0.1, 0.15) is 5.82 Å². The molecule has 6 heteroatoms. The van der Waals surface area contributed by atoms with Gasteiger partial charge in [0.2, 0.25) is 5.91 Å². The van der Waals surface area contributed by atoms with Gasteiger partial charge in [0.05, 0.1) is 17.3 Å². The summed E-state index contributed by atoms with van der Waals surface area (Å²) in [5.74, 6) is -2.23. The summed E-state index contributed by atoms with van der Waals surface area (Å²) in [5.41, 5.74) is -0.361. The molecule has 3 N–H and O–H groups in total. The fourth-order valence-corrected chi connectivity index (χ4v) is 2.67. The zero-order valence-corrected chi connectivity index (χ0v) is 12.1. The van der Waals surface area contributed by atoms with E-state index in [1.54, 1.807) is 0 Å². The van der Waals surface area contributed by atoms with Gasteiger partial charge in [-0.3, -0.25) is 4.79 Å². The van der Waals surface area contributed by atoms with E-state index in [9.17, 15) is 14.0 Å². The number of carboxylic acid groups (broad SMARTS) is 1. The van der Waals surface area contributed by atoms with Crippen LogP contribution in [-0.4, -0.2) is 29.6 Å². The molecule has 1 unspecified atom stereocenters. The molecule has 1 amide bonds. The molecule has 1 heterocycles. The Hall–Kier alpha value is -1.95. The standard InChI is InChI=1S/C15H19FN2O3/c1-15(2)6-3-7-17-12(15)13(19)18-11-5-4-9(16)8-10(11)14(20)21/h4-5,8,12,17H,3,6-7H2,1-2H3,(H,18,19)(H,20,21). The minimum Gasteiger partial charge on any atom is -0.478 e. The Labute approximate surface area is 122 Å². The molecule has 1 aliphatic heterocycles. The first-order chi connectivity index (χ1) is 9.81. The van der Waals surface area contributed by atoms with Crippen molar-refractivity contribution >= 4 is 17.6 Å². The molecule has 0 spiro atoms. The lowest BCUT2D eigenvalue weighted by Gasteiger charge is -2.38. The number of carbonyl (C=O) groups is 2. The van der Waals surface area contributed by atoms with Gasteiger partial charge in [0.15, 0.2) is 0 Å². The number of aromatic carboxylic acids is 1. The minimum absolute atomic E-state index is 0.108. The van der Waals surface area contributed by atoms with Crippen LogP contribution in [-0.2, 0) is 4.79 Å². The van der Waals surface area contributed by atoms with Crippen molar-refractivity contribution in [3.05, 3.63) is 29.6 Å². The van der Waals surface area contributed by atoms with Crippen molar-refractivity contribution in [2.75, 3.05) is 11.9 Å². The van der Waals surface area contributed by atoms with E-state index >= 15 is 0 Å². The molecule has 1 fully saturated rings. The second-order valence-electron chi connectivity index (χ2n) is 5.96. The summed E-state index contributed by atoms with van der Waals surface area (Å²) in [6.45, 7) is 4.73. The van der Waals surface area contributed by atoms with Crippen molar-refractivity contribution in [3.8, 4) is 0 Å². The van der Waals surface area contributed by atoms with E-state index in [2.05, 4.69) is 10.6 Å². The number of carboxylic acids is 1. The number of rotatable bonds is 3. The summed E-state index contributed by atoms with van der Waals surface area (Å²) in [6, 6.07) is 2.89. The number of hydrogen-bond donors (Lipinski definition) is 3. The highest BCUT2D eigenvalue weighted by atomic mass is 19.1. The Morgan fingerprint density at radius 1 is 1.43 bits per heavy atom. The molecule has 2 rings (SSSR count). The van der Waals surface area contributed by atoms with Crippen molar-refractivity contribution in [1.82, 2.24) is 5.32 Å². The number of carbonyl (C=O) groups excluding carboxylic acids is 1. The first kappa shape index (κ1) is 15.4. The van der Waals surface area contributed by atoms with Gasteiger partial charge in [0, 0.05) is 0 Å². The van der Waals surface area contributed by atoms with Crippen LogP contribution in [0.5, 0.6) is 0 Å². The largest absolute Gasteiger partial charge is 0.478 e. The second-order valence-corrected chi connectivity index (χ2v) is 5.96. The van der Waals surface area contributed by atoms with Gasteiger partial charge in [-0.25, -0.2) is 9.18 Å². The van der Waals surface area contributed by atoms with Crippen LogP contribution in [0.3, 0.4) is 0 Å². The third kappa shape index (κ3) is 3.39. The highest BCUT2D eigenvalue weighted by Crippen LogP contribution is 2.31. The smallest absolute Gasteiger partial charge is 0.337 e. The summed E-state index contributed by atoms with van der Waals surface area (Å²) < 4.78 is 13.1. The maximum Gasteiger partial charge on any atom is 0.337 e. The van der Waals surface area contributed by atoms with Crippen molar-refractivity contribution in [1.29, 1.82) is 0 Å². The monoisotopic (exact) mass is 294 g/mol. The molecule has 0 saturated carbocycles. The fourth-order valence-electron chi connectivity index (χ4n) is 2.67. The van der Waals surface area contributed by atoms with E-state index in [0.29, 0.717) is 0 Å². The Kier molecular flexibility index (Phi) is 4.27. The zero-order chi connectivity index (χ0) is 15.6. The molecule has 1 aliphatic rings. The molecule has 0 bridgehead atoms. The maximum absolute atomic E-state index is 13.1.